The highest BCUT2D eigenvalue weighted by atomic mass is 35.5. The first-order valence-electron chi connectivity index (χ1n) is 9.60. The molecule has 0 saturated carbocycles. The van der Waals surface area contributed by atoms with E-state index in [0.29, 0.717) is 17.8 Å². The van der Waals surface area contributed by atoms with E-state index in [0.717, 1.165) is 49.9 Å². The molecular formula is C21H31Cl2N5. The third kappa shape index (κ3) is 6.61. The van der Waals surface area contributed by atoms with Gasteiger partial charge in [-0.1, -0.05) is 23.7 Å². The van der Waals surface area contributed by atoms with E-state index in [1.54, 1.807) is 0 Å². The van der Waals surface area contributed by atoms with E-state index in [9.17, 15) is 0 Å². The first kappa shape index (κ1) is 22.9. The van der Waals surface area contributed by atoms with Crippen LogP contribution in [-0.2, 0) is 13.0 Å². The maximum absolute atomic E-state index is 5.93. The zero-order valence-electron chi connectivity index (χ0n) is 16.6. The van der Waals surface area contributed by atoms with Crippen LogP contribution in [0.3, 0.4) is 0 Å². The van der Waals surface area contributed by atoms with Gasteiger partial charge in [-0.05, 0) is 68.2 Å². The minimum atomic E-state index is 0. The average molecular weight is 424 g/mol. The topological polar surface area (TPSA) is 66.2 Å². The Balaban J connectivity index is 0.00000280. The van der Waals surface area contributed by atoms with Gasteiger partial charge in [0.05, 0.1) is 0 Å². The second-order valence-corrected chi connectivity index (χ2v) is 7.97. The summed E-state index contributed by atoms with van der Waals surface area (Å²) in [5.74, 6) is 1.17. The molecule has 0 radical (unpaired) electrons. The lowest BCUT2D eigenvalue weighted by atomic mass is 9.96. The molecule has 2 aromatic rings. The van der Waals surface area contributed by atoms with Gasteiger partial charge in [0.15, 0.2) is 0 Å². The van der Waals surface area contributed by atoms with Crippen LogP contribution >= 0.6 is 24.0 Å². The summed E-state index contributed by atoms with van der Waals surface area (Å²) in [5.41, 5.74) is 9.45. The van der Waals surface area contributed by atoms with E-state index in [-0.39, 0.29) is 12.4 Å². The fourth-order valence-corrected chi connectivity index (χ4v) is 3.97. The van der Waals surface area contributed by atoms with Crippen molar-refractivity contribution >= 4 is 29.8 Å². The van der Waals surface area contributed by atoms with Crippen LogP contribution in [0.1, 0.15) is 16.8 Å². The van der Waals surface area contributed by atoms with Crippen LogP contribution in [0.15, 0.2) is 36.4 Å². The zero-order valence-corrected chi connectivity index (χ0v) is 18.2. The molecule has 2 atom stereocenters. The van der Waals surface area contributed by atoms with Gasteiger partial charge < -0.3 is 21.3 Å². The summed E-state index contributed by atoms with van der Waals surface area (Å²) in [4.78, 5) is 6.97. The molecule has 1 fully saturated rings. The monoisotopic (exact) mass is 423 g/mol. The van der Waals surface area contributed by atoms with Crippen molar-refractivity contribution in [1.29, 1.82) is 0 Å². The first-order valence-corrected chi connectivity index (χ1v) is 9.98. The van der Waals surface area contributed by atoms with Gasteiger partial charge in [-0.2, -0.15) is 0 Å². The lowest BCUT2D eigenvalue weighted by molar-refractivity contribution is 0.210. The highest BCUT2D eigenvalue weighted by Gasteiger charge is 2.30. The smallest absolute Gasteiger partial charge is 0.123 e. The predicted octanol–water partition coefficient (Wildman–Crippen LogP) is 2.90. The van der Waals surface area contributed by atoms with Crippen molar-refractivity contribution in [3.63, 3.8) is 0 Å². The summed E-state index contributed by atoms with van der Waals surface area (Å²) in [6.45, 7) is 6.97. The molecule has 7 heteroatoms. The van der Waals surface area contributed by atoms with Gasteiger partial charge in [-0.25, -0.2) is 4.98 Å². The number of hydrogen-bond acceptors (Lipinski definition) is 5. The zero-order chi connectivity index (χ0) is 19.2. The third-order valence-corrected chi connectivity index (χ3v) is 5.52. The number of aryl methyl sites for hydroxylation is 1. The number of hydrogen-bond donors (Lipinski definition) is 3. The molecule has 4 N–H and O–H groups in total. The molecule has 1 aromatic heterocycles. The minimum Gasteiger partial charge on any atom is -0.384 e. The van der Waals surface area contributed by atoms with Crippen LogP contribution in [-0.4, -0.2) is 49.2 Å². The van der Waals surface area contributed by atoms with E-state index in [2.05, 4.69) is 52.7 Å². The molecule has 3 rings (SSSR count). The van der Waals surface area contributed by atoms with Crippen LogP contribution in [0, 0.1) is 12.8 Å². The number of rotatable bonds is 8. The second kappa shape index (κ2) is 11.0. The van der Waals surface area contributed by atoms with Gasteiger partial charge in [0.1, 0.15) is 5.82 Å². The Morgan fingerprint density at radius 2 is 2.00 bits per heavy atom. The molecule has 0 amide bonds. The van der Waals surface area contributed by atoms with Gasteiger partial charge in [-0.15, -0.1) is 12.4 Å². The highest BCUT2D eigenvalue weighted by Crippen LogP contribution is 2.20. The van der Waals surface area contributed by atoms with Crippen LogP contribution in [0.2, 0.25) is 5.02 Å². The molecule has 0 aliphatic carbocycles. The Hall–Kier alpha value is -1.37. The van der Waals surface area contributed by atoms with Crippen molar-refractivity contribution in [2.45, 2.75) is 25.9 Å². The van der Waals surface area contributed by atoms with Crippen molar-refractivity contribution < 1.29 is 0 Å². The van der Waals surface area contributed by atoms with Gasteiger partial charge in [0.25, 0.3) is 0 Å². The number of nitrogens with one attached hydrogen (secondary N) is 2. The first-order chi connectivity index (χ1) is 13.0. The van der Waals surface area contributed by atoms with Crippen LogP contribution in [0.4, 0.5) is 5.82 Å². The number of pyridine rings is 1. The summed E-state index contributed by atoms with van der Waals surface area (Å²) in [6, 6.07) is 12.6. The minimum absolute atomic E-state index is 0. The standard InChI is InChI=1S/C21H30ClN5.ClH/c1-15-9-19(26-21(23)10-15)11-17-13-25-14-20(17)27(2)8-7-24-12-16-3-5-18(22)6-4-16;/h3-6,9-10,17,20,24-25H,7-8,11-14H2,1-2H3,(H2,23,26);1H/t17-,20+;/m0./s1. The Morgan fingerprint density at radius 1 is 1.25 bits per heavy atom. The molecular weight excluding hydrogens is 393 g/mol. The molecule has 28 heavy (non-hydrogen) atoms. The van der Waals surface area contributed by atoms with Gasteiger partial charge in [0, 0.05) is 42.9 Å². The molecule has 0 unspecified atom stereocenters. The van der Waals surface area contributed by atoms with Gasteiger partial charge in [-0.3, -0.25) is 0 Å². The number of aromatic nitrogens is 1. The van der Waals surface area contributed by atoms with E-state index >= 15 is 0 Å². The van der Waals surface area contributed by atoms with Gasteiger partial charge >= 0.3 is 0 Å². The number of likely N-dealkylation sites (N-methyl/N-ethyl adjacent to an activating group) is 1. The number of nitrogens with two attached hydrogens (primary N) is 1. The van der Waals surface area contributed by atoms with E-state index in [1.807, 2.05) is 18.2 Å². The normalized spacial score (nSPS) is 19.0. The molecule has 0 bridgehead atoms. The Labute approximate surface area is 179 Å². The predicted molar refractivity (Wildman–Crippen MR) is 120 cm³/mol. The maximum Gasteiger partial charge on any atom is 0.123 e. The van der Waals surface area contributed by atoms with Crippen LogP contribution in [0.5, 0.6) is 0 Å². The summed E-state index contributed by atoms with van der Waals surface area (Å²) >= 11 is 5.93. The quantitative estimate of drug-likeness (QED) is 0.569. The van der Waals surface area contributed by atoms with Crippen molar-refractivity contribution in [2.75, 3.05) is 39.0 Å². The number of nitrogens with zero attached hydrogens (tertiary/aromatic N) is 2. The Bertz CT molecular complexity index is 718. The summed E-state index contributed by atoms with van der Waals surface area (Å²) in [7, 11) is 2.21. The Kier molecular flexibility index (Phi) is 8.99. The molecule has 0 spiro atoms. The van der Waals surface area contributed by atoms with Gasteiger partial charge in [0.2, 0.25) is 0 Å². The molecule has 154 valence electrons. The van der Waals surface area contributed by atoms with Crippen molar-refractivity contribution in [3.8, 4) is 0 Å². The number of halogens is 2. The molecule has 1 aromatic carbocycles. The van der Waals surface area contributed by atoms with Crippen molar-refractivity contribution in [3.05, 3.63) is 58.2 Å². The molecule has 1 aliphatic heterocycles. The van der Waals surface area contributed by atoms with Crippen molar-refractivity contribution in [1.82, 2.24) is 20.5 Å². The lowest BCUT2D eigenvalue weighted by Crippen LogP contribution is -2.42. The van der Waals surface area contributed by atoms with E-state index < -0.39 is 0 Å². The molecule has 2 heterocycles. The third-order valence-electron chi connectivity index (χ3n) is 5.27. The lowest BCUT2D eigenvalue weighted by Gasteiger charge is -2.29. The SMILES string of the molecule is Cc1cc(N)nc(C[C@H]2CNC[C@H]2N(C)CCNCc2ccc(Cl)cc2)c1.Cl. The Morgan fingerprint density at radius 3 is 2.71 bits per heavy atom. The largest absolute Gasteiger partial charge is 0.384 e. The van der Waals surface area contributed by atoms with Crippen LogP contribution in [0.25, 0.3) is 0 Å². The number of anilines is 1. The number of benzene rings is 1. The summed E-state index contributed by atoms with van der Waals surface area (Å²) < 4.78 is 0. The summed E-state index contributed by atoms with van der Waals surface area (Å²) in [6.07, 6.45) is 0.964. The second-order valence-electron chi connectivity index (χ2n) is 7.53. The van der Waals surface area contributed by atoms with E-state index in [4.69, 9.17) is 17.3 Å². The van der Waals surface area contributed by atoms with Crippen molar-refractivity contribution in [2.24, 2.45) is 5.92 Å². The highest BCUT2D eigenvalue weighted by molar-refractivity contribution is 6.30. The fourth-order valence-electron chi connectivity index (χ4n) is 3.84. The van der Waals surface area contributed by atoms with E-state index in [1.165, 1.54) is 11.1 Å². The average Bonchev–Trinajstić information content (AvgIpc) is 3.07. The molecule has 1 saturated heterocycles. The molecule has 5 nitrogen and oxygen atoms in total. The number of nitrogen functional groups attached to an aromatic ring is 1. The van der Waals surface area contributed by atoms with Crippen LogP contribution < -0.4 is 16.4 Å². The molecule has 1 aliphatic rings. The summed E-state index contributed by atoms with van der Waals surface area (Å²) in [5, 5.41) is 7.84. The maximum atomic E-state index is 5.93. The fraction of sp³-hybridized carbons (Fsp3) is 0.476.